The summed E-state index contributed by atoms with van der Waals surface area (Å²) in [5, 5.41) is 2.09. The molecular weight excluding hydrogens is 324 g/mol. The van der Waals surface area contributed by atoms with Crippen molar-refractivity contribution in [3.63, 3.8) is 0 Å². The SMILES string of the molecule is C[C@@H]1Oc2ccc(-c3cn4c(CCN)csc4n3)cc2N(C)C1=O. The Hall–Kier alpha value is -2.38. The van der Waals surface area contributed by atoms with E-state index < -0.39 is 6.10 Å². The third-order valence-electron chi connectivity index (χ3n) is 4.28. The van der Waals surface area contributed by atoms with E-state index in [0.29, 0.717) is 6.54 Å². The lowest BCUT2D eigenvalue weighted by molar-refractivity contribution is -0.125. The Labute approximate surface area is 143 Å². The summed E-state index contributed by atoms with van der Waals surface area (Å²) in [5.74, 6) is 0.675. The second-order valence-corrected chi connectivity index (χ2v) is 6.72. The van der Waals surface area contributed by atoms with E-state index in [0.717, 1.165) is 34.1 Å². The fourth-order valence-electron chi connectivity index (χ4n) is 2.97. The largest absolute Gasteiger partial charge is 0.479 e. The zero-order chi connectivity index (χ0) is 16.8. The first-order valence-electron chi connectivity index (χ1n) is 7.82. The zero-order valence-corrected chi connectivity index (χ0v) is 14.3. The fraction of sp³-hybridized carbons (Fsp3) is 0.294. The number of hydrogen-bond donors (Lipinski definition) is 1. The Morgan fingerprint density at radius 3 is 3.04 bits per heavy atom. The molecule has 0 saturated heterocycles. The van der Waals surface area contributed by atoms with Crippen LogP contribution in [-0.2, 0) is 11.2 Å². The average Bonchev–Trinajstić information content (AvgIpc) is 3.15. The van der Waals surface area contributed by atoms with Crippen LogP contribution in [0, 0.1) is 0 Å². The molecule has 0 spiro atoms. The molecule has 24 heavy (non-hydrogen) atoms. The average molecular weight is 342 g/mol. The number of fused-ring (bicyclic) bond motifs is 2. The van der Waals surface area contributed by atoms with E-state index in [1.54, 1.807) is 30.2 Å². The van der Waals surface area contributed by atoms with Gasteiger partial charge in [-0.05, 0) is 31.7 Å². The lowest BCUT2D eigenvalue weighted by Gasteiger charge is -2.30. The van der Waals surface area contributed by atoms with Crippen molar-refractivity contribution >= 4 is 27.9 Å². The van der Waals surface area contributed by atoms with Crippen LogP contribution < -0.4 is 15.4 Å². The Morgan fingerprint density at radius 2 is 2.25 bits per heavy atom. The maximum absolute atomic E-state index is 12.1. The van der Waals surface area contributed by atoms with Crippen molar-refractivity contribution in [2.45, 2.75) is 19.4 Å². The highest BCUT2D eigenvalue weighted by atomic mass is 32.1. The lowest BCUT2D eigenvalue weighted by Crippen LogP contribution is -2.41. The molecule has 6 nitrogen and oxygen atoms in total. The van der Waals surface area contributed by atoms with E-state index in [1.807, 2.05) is 24.4 Å². The van der Waals surface area contributed by atoms with Gasteiger partial charge in [-0.25, -0.2) is 4.98 Å². The standard InChI is InChI=1S/C17H18N4O2S/c1-10-16(22)20(2)14-7-11(3-4-15(14)23-10)13-8-21-12(5-6-18)9-24-17(21)19-13/h3-4,7-10H,5-6,18H2,1-2H3/t10-/m0/s1. The maximum atomic E-state index is 12.1. The Kier molecular flexibility index (Phi) is 3.54. The molecule has 0 radical (unpaired) electrons. The number of anilines is 1. The number of rotatable bonds is 3. The van der Waals surface area contributed by atoms with Gasteiger partial charge in [0.25, 0.3) is 5.91 Å². The second-order valence-electron chi connectivity index (χ2n) is 5.88. The monoisotopic (exact) mass is 342 g/mol. The number of carbonyl (C=O) groups excluding carboxylic acids is 1. The van der Waals surface area contributed by atoms with Crippen LogP contribution in [0.4, 0.5) is 5.69 Å². The van der Waals surface area contributed by atoms with Gasteiger partial charge in [0.2, 0.25) is 0 Å². The minimum absolute atomic E-state index is 0.0456. The predicted octanol–water partition coefficient (Wildman–Crippen LogP) is 2.31. The molecule has 0 saturated carbocycles. The van der Waals surface area contributed by atoms with Gasteiger partial charge in [-0.3, -0.25) is 9.20 Å². The first-order valence-corrected chi connectivity index (χ1v) is 8.70. The number of nitrogens with zero attached hydrogens (tertiary/aromatic N) is 3. The first-order chi connectivity index (χ1) is 11.6. The van der Waals surface area contributed by atoms with Gasteiger partial charge in [-0.1, -0.05) is 0 Å². The Balaban J connectivity index is 1.76. The van der Waals surface area contributed by atoms with Gasteiger partial charge in [0.05, 0.1) is 11.4 Å². The molecule has 4 rings (SSSR count). The Bertz CT molecular complexity index is 930. The molecule has 0 bridgehead atoms. The van der Waals surface area contributed by atoms with Crippen molar-refractivity contribution in [2.75, 3.05) is 18.5 Å². The number of imidazole rings is 1. The lowest BCUT2D eigenvalue weighted by atomic mass is 10.1. The normalized spacial score (nSPS) is 17.2. The van der Waals surface area contributed by atoms with Crippen molar-refractivity contribution in [2.24, 2.45) is 5.73 Å². The molecule has 3 aromatic rings. The smallest absolute Gasteiger partial charge is 0.267 e. The first kappa shape index (κ1) is 15.2. The topological polar surface area (TPSA) is 72.9 Å². The molecule has 3 heterocycles. The van der Waals surface area contributed by atoms with Gasteiger partial charge >= 0.3 is 0 Å². The number of hydrogen-bond acceptors (Lipinski definition) is 5. The van der Waals surface area contributed by atoms with Crippen LogP contribution in [-0.4, -0.2) is 35.0 Å². The number of carbonyl (C=O) groups is 1. The molecule has 124 valence electrons. The molecule has 1 aromatic carbocycles. The zero-order valence-electron chi connectivity index (χ0n) is 13.5. The van der Waals surface area contributed by atoms with E-state index in [4.69, 9.17) is 15.5 Å². The van der Waals surface area contributed by atoms with Crippen LogP contribution in [0.3, 0.4) is 0 Å². The summed E-state index contributed by atoms with van der Waals surface area (Å²) >= 11 is 1.61. The summed E-state index contributed by atoms with van der Waals surface area (Å²) in [4.78, 5) is 19.4. The van der Waals surface area contributed by atoms with Gasteiger partial charge in [-0.15, -0.1) is 11.3 Å². The number of thiazole rings is 1. The number of amides is 1. The third-order valence-corrected chi connectivity index (χ3v) is 5.17. The van der Waals surface area contributed by atoms with E-state index in [-0.39, 0.29) is 5.91 Å². The van der Waals surface area contributed by atoms with Crippen molar-refractivity contribution in [3.8, 4) is 17.0 Å². The summed E-state index contributed by atoms with van der Waals surface area (Å²) in [6.07, 6.45) is 2.39. The molecule has 0 aliphatic carbocycles. The number of aromatic nitrogens is 2. The van der Waals surface area contributed by atoms with Crippen LogP contribution in [0.25, 0.3) is 16.2 Å². The summed E-state index contributed by atoms with van der Waals surface area (Å²) in [6.45, 7) is 2.37. The number of ether oxygens (including phenoxy) is 1. The fourth-order valence-corrected chi connectivity index (χ4v) is 3.87. The van der Waals surface area contributed by atoms with E-state index >= 15 is 0 Å². The van der Waals surface area contributed by atoms with Crippen molar-refractivity contribution < 1.29 is 9.53 Å². The molecule has 2 aromatic heterocycles. The number of likely N-dealkylation sites (N-methyl/N-ethyl adjacent to an activating group) is 1. The summed E-state index contributed by atoms with van der Waals surface area (Å²) in [7, 11) is 1.77. The summed E-state index contributed by atoms with van der Waals surface area (Å²) < 4.78 is 7.75. The van der Waals surface area contributed by atoms with Crippen LogP contribution in [0.1, 0.15) is 12.6 Å². The minimum atomic E-state index is -0.454. The molecule has 1 aliphatic heterocycles. The molecule has 1 aliphatic rings. The second kappa shape index (κ2) is 5.61. The Morgan fingerprint density at radius 1 is 1.42 bits per heavy atom. The predicted molar refractivity (Wildman–Crippen MR) is 94.8 cm³/mol. The van der Waals surface area contributed by atoms with Gasteiger partial charge in [0, 0.05) is 36.3 Å². The molecule has 2 N–H and O–H groups in total. The van der Waals surface area contributed by atoms with Gasteiger partial charge < -0.3 is 15.4 Å². The minimum Gasteiger partial charge on any atom is -0.479 e. The van der Waals surface area contributed by atoms with Crippen molar-refractivity contribution in [1.29, 1.82) is 0 Å². The molecule has 0 fully saturated rings. The van der Waals surface area contributed by atoms with E-state index in [9.17, 15) is 4.79 Å². The van der Waals surface area contributed by atoms with E-state index in [2.05, 4.69) is 9.78 Å². The molecule has 1 amide bonds. The highest BCUT2D eigenvalue weighted by molar-refractivity contribution is 7.15. The summed E-state index contributed by atoms with van der Waals surface area (Å²) in [6, 6.07) is 5.83. The van der Waals surface area contributed by atoms with Crippen molar-refractivity contribution in [3.05, 3.63) is 35.5 Å². The van der Waals surface area contributed by atoms with Gasteiger partial charge in [0.15, 0.2) is 11.1 Å². The van der Waals surface area contributed by atoms with Crippen LogP contribution in [0.5, 0.6) is 5.75 Å². The highest BCUT2D eigenvalue weighted by Gasteiger charge is 2.29. The molecule has 0 unspecified atom stereocenters. The molecule has 7 heteroatoms. The van der Waals surface area contributed by atoms with Crippen LogP contribution in [0.2, 0.25) is 0 Å². The van der Waals surface area contributed by atoms with Crippen LogP contribution in [0.15, 0.2) is 29.8 Å². The van der Waals surface area contributed by atoms with E-state index in [1.165, 1.54) is 5.69 Å². The third kappa shape index (κ3) is 2.28. The molecular formula is C17H18N4O2S. The van der Waals surface area contributed by atoms with Gasteiger partial charge in [-0.2, -0.15) is 0 Å². The maximum Gasteiger partial charge on any atom is 0.267 e. The van der Waals surface area contributed by atoms with Crippen LogP contribution >= 0.6 is 11.3 Å². The van der Waals surface area contributed by atoms with Crippen molar-refractivity contribution in [1.82, 2.24) is 9.38 Å². The number of nitrogens with two attached hydrogens (primary N) is 1. The quantitative estimate of drug-likeness (QED) is 0.793. The highest BCUT2D eigenvalue weighted by Crippen LogP contribution is 2.37. The summed E-state index contributed by atoms with van der Waals surface area (Å²) in [5.41, 5.74) is 9.44. The number of benzene rings is 1. The molecule has 1 atom stereocenters. The van der Waals surface area contributed by atoms with Gasteiger partial charge in [0.1, 0.15) is 5.75 Å².